The summed E-state index contributed by atoms with van der Waals surface area (Å²) in [6.45, 7) is 6.08. The van der Waals surface area contributed by atoms with Crippen molar-refractivity contribution < 1.29 is 9.36 Å². The number of hydrogen-bond donors (Lipinski definition) is 0. The molecule has 0 heterocycles. The molecule has 4 heteroatoms. The topological polar surface area (TPSA) is 34.1 Å². The van der Waals surface area contributed by atoms with Crippen molar-refractivity contribution in [1.82, 2.24) is 0 Å². The summed E-state index contributed by atoms with van der Waals surface area (Å²) in [5, 5.41) is 0.616. The van der Waals surface area contributed by atoms with Crippen molar-refractivity contribution in [2.45, 2.75) is 51.3 Å². The second-order valence-corrected chi connectivity index (χ2v) is 9.16. The largest absolute Gasteiger partial charge is 0.289 e. The van der Waals surface area contributed by atoms with Gasteiger partial charge in [-0.15, -0.1) is 11.6 Å². The number of hydrogen-bond acceptors (Lipinski definition) is 2. The van der Waals surface area contributed by atoms with Crippen LogP contribution in [0.25, 0.3) is 0 Å². The van der Waals surface area contributed by atoms with Crippen LogP contribution in [0.2, 0.25) is 0 Å². The number of carbonyl (C=O) groups is 1. The van der Waals surface area contributed by atoms with Crippen molar-refractivity contribution in [3.05, 3.63) is 65.2 Å². The lowest BCUT2D eigenvalue weighted by Gasteiger charge is -2.25. The summed E-state index contributed by atoms with van der Waals surface area (Å²) in [6, 6.07) is 14.7. The van der Waals surface area contributed by atoms with Gasteiger partial charge >= 0.3 is 0 Å². The van der Waals surface area contributed by atoms with Crippen LogP contribution in [0, 0.1) is 6.92 Å². The molecule has 0 spiro atoms. The van der Waals surface area contributed by atoms with Gasteiger partial charge in [-0.05, 0) is 37.5 Å². The van der Waals surface area contributed by atoms with Gasteiger partial charge in [0.1, 0.15) is 7.80 Å². The number of benzene rings is 2. The van der Waals surface area contributed by atoms with Crippen LogP contribution < -0.4 is 5.30 Å². The summed E-state index contributed by atoms with van der Waals surface area (Å²) in [7, 11) is -1.74. The van der Waals surface area contributed by atoms with Gasteiger partial charge in [-0.2, -0.15) is 0 Å². The number of ketones is 1. The molecule has 0 amide bonds. The molecule has 2 nitrogen and oxygen atoms in total. The SMILES string of the molecule is CCCCC(Cl)(CC)C[P](=O)c1ccccc1C(=O)c1ccccc1C. The first kappa shape index (κ1) is 20.8. The lowest BCUT2D eigenvalue weighted by Crippen LogP contribution is -2.26. The van der Waals surface area contributed by atoms with E-state index in [2.05, 4.69) is 6.92 Å². The Kier molecular flexibility index (Phi) is 7.55. The van der Waals surface area contributed by atoms with Crippen LogP contribution in [0.4, 0.5) is 0 Å². The molecular weight excluding hydrogens is 363 g/mol. The number of unbranched alkanes of at least 4 members (excludes halogenated alkanes) is 1. The van der Waals surface area contributed by atoms with E-state index in [-0.39, 0.29) is 5.78 Å². The van der Waals surface area contributed by atoms with E-state index in [0.717, 1.165) is 31.2 Å². The number of aryl methyl sites for hydroxylation is 1. The van der Waals surface area contributed by atoms with Crippen LogP contribution in [-0.2, 0) is 4.57 Å². The fourth-order valence-electron chi connectivity index (χ4n) is 3.06. The molecule has 0 N–H and O–H groups in total. The Labute approximate surface area is 162 Å². The van der Waals surface area contributed by atoms with Crippen molar-refractivity contribution in [3.63, 3.8) is 0 Å². The molecule has 0 aliphatic carbocycles. The predicted octanol–water partition coefficient (Wildman–Crippen LogP) is 6.26. The third kappa shape index (κ3) is 5.02. The van der Waals surface area contributed by atoms with Gasteiger partial charge in [0.15, 0.2) is 5.78 Å². The van der Waals surface area contributed by atoms with Crippen LogP contribution in [0.3, 0.4) is 0 Å². The second kappa shape index (κ2) is 9.44. The molecule has 2 rings (SSSR count). The highest BCUT2D eigenvalue weighted by molar-refractivity contribution is 7.54. The van der Waals surface area contributed by atoms with E-state index >= 15 is 0 Å². The number of alkyl halides is 1. The molecular formula is C22H27ClO2P. The normalized spacial score (nSPS) is 13.9. The Morgan fingerprint density at radius 2 is 1.65 bits per heavy atom. The number of carbonyl (C=O) groups excluding carboxylic acids is 1. The molecule has 139 valence electrons. The lowest BCUT2D eigenvalue weighted by molar-refractivity contribution is 0.103. The van der Waals surface area contributed by atoms with Gasteiger partial charge in [0.05, 0.1) is 4.87 Å². The van der Waals surface area contributed by atoms with Crippen LogP contribution in [0.15, 0.2) is 48.5 Å². The molecule has 26 heavy (non-hydrogen) atoms. The van der Waals surface area contributed by atoms with Gasteiger partial charge in [-0.25, -0.2) is 0 Å². The maximum Gasteiger partial charge on any atom is 0.194 e. The Bertz CT molecular complexity index is 787. The first-order valence-corrected chi connectivity index (χ1v) is 11.1. The van der Waals surface area contributed by atoms with Crippen LogP contribution in [-0.4, -0.2) is 16.8 Å². The van der Waals surface area contributed by atoms with Gasteiger partial charge in [0.2, 0.25) is 0 Å². The Morgan fingerprint density at radius 3 is 2.27 bits per heavy atom. The Balaban J connectivity index is 2.32. The maximum atomic E-state index is 13.1. The second-order valence-electron chi connectivity index (χ2n) is 6.81. The van der Waals surface area contributed by atoms with Crippen molar-refractivity contribution >= 4 is 30.5 Å². The monoisotopic (exact) mass is 389 g/mol. The molecule has 0 bridgehead atoms. The third-order valence-electron chi connectivity index (χ3n) is 4.85. The van der Waals surface area contributed by atoms with Crippen molar-refractivity contribution in [2.24, 2.45) is 0 Å². The minimum absolute atomic E-state index is 0.0766. The highest BCUT2D eigenvalue weighted by Crippen LogP contribution is 2.37. The van der Waals surface area contributed by atoms with E-state index in [1.54, 1.807) is 12.1 Å². The molecule has 0 saturated carbocycles. The predicted molar refractivity (Wildman–Crippen MR) is 112 cm³/mol. The molecule has 0 aliphatic rings. The van der Waals surface area contributed by atoms with Gasteiger partial charge in [0.25, 0.3) is 0 Å². The zero-order valence-electron chi connectivity index (χ0n) is 15.8. The smallest absolute Gasteiger partial charge is 0.194 e. The first-order chi connectivity index (χ1) is 12.4. The van der Waals surface area contributed by atoms with Crippen LogP contribution in [0.5, 0.6) is 0 Å². The Morgan fingerprint density at radius 1 is 1.04 bits per heavy atom. The quantitative estimate of drug-likeness (QED) is 0.288. The van der Waals surface area contributed by atoms with Gasteiger partial charge in [-0.3, -0.25) is 9.36 Å². The minimum atomic E-state index is -1.74. The summed E-state index contributed by atoms with van der Waals surface area (Å²) in [4.78, 5) is 12.6. The van der Waals surface area contributed by atoms with Gasteiger partial charge in [-0.1, -0.05) is 63.1 Å². The summed E-state index contributed by atoms with van der Waals surface area (Å²) >= 11 is 6.75. The van der Waals surface area contributed by atoms with Crippen LogP contribution >= 0.6 is 19.4 Å². The van der Waals surface area contributed by atoms with Crippen LogP contribution in [0.1, 0.15) is 61.0 Å². The molecule has 2 aromatic carbocycles. The Hall–Kier alpha value is -1.50. The van der Waals surface area contributed by atoms with Crippen molar-refractivity contribution in [3.8, 4) is 0 Å². The number of rotatable bonds is 9. The van der Waals surface area contributed by atoms with Crippen molar-refractivity contribution in [1.29, 1.82) is 0 Å². The standard InChI is InChI=1S/C22H27ClO2P/c1-4-6-15-22(23,5-2)16-26(25)20-14-10-9-13-19(20)21(24)18-12-8-7-11-17(18)3/h7-14H,4-6,15-16H2,1-3H3. The van der Waals surface area contributed by atoms with E-state index in [9.17, 15) is 9.36 Å². The maximum absolute atomic E-state index is 13.1. The molecule has 2 atom stereocenters. The average molecular weight is 390 g/mol. The van der Waals surface area contributed by atoms with E-state index < -0.39 is 12.7 Å². The molecule has 1 radical (unpaired) electrons. The number of halogens is 1. The fourth-order valence-corrected chi connectivity index (χ4v) is 5.28. The summed E-state index contributed by atoms with van der Waals surface area (Å²) in [5.41, 5.74) is 2.10. The molecule has 0 fully saturated rings. The molecule has 2 aromatic rings. The summed E-state index contributed by atoms with van der Waals surface area (Å²) in [6.07, 6.45) is 4.09. The zero-order valence-corrected chi connectivity index (χ0v) is 17.4. The van der Waals surface area contributed by atoms with Gasteiger partial charge in [0, 0.05) is 22.6 Å². The first-order valence-electron chi connectivity index (χ1n) is 9.25. The van der Waals surface area contributed by atoms with E-state index in [1.165, 1.54) is 0 Å². The summed E-state index contributed by atoms with van der Waals surface area (Å²) in [5.74, 6) is -0.0766. The van der Waals surface area contributed by atoms with E-state index in [0.29, 0.717) is 22.6 Å². The molecule has 0 aliphatic heterocycles. The lowest BCUT2D eigenvalue weighted by atomic mass is 9.99. The zero-order chi connectivity index (χ0) is 19.2. The van der Waals surface area contributed by atoms with E-state index in [1.807, 2.05) is 50.2 Å². The van der Waals surface area contributed by atoms with Gasteiger partial charge < -0.3 is 0 Å². The average Bonchev–Trinajstić information content (AvgIpc) is 2.66. The highest BCUT2D eigenvalue weighted by Gasteiger charge is 2.29. The minimum Gasteiger partial charge on any atom is -0.289 e. The van der Waals surface area contributed by atoms with E-state index in [4.69, 9.17) is 11.6 Å². The third-order valence-corrected chi connectivity index (χ3v) is 7.44. The molecule has 0 saturated heterocycles. The molecule has 2 unspecified atom stereocenters. The summed E-state index contributed by atoms with van der Waals surface area (Å²) < 4.78 is 13.1. The fraction of sp³-hybridized carbons (Fsp3) is 0.409. The van der Waals surface area contributed by atoms with Crippen molar-refractivity contribution in [2.75, 3.05) is 6.16 Å². The highest BCUT2D eigenvalue weighted by atomic mass is 35.5. The molecule has 0 aromatic heterocycles.